The Hall–Kier alpha value is -2.93. The minimum absolute atomic E-state index is 0.112. The third-order valence-electron chi connectivity index (χ3n) is 4.70. The molecule has 27 heavy (non-hydrogen) atoms. The molecular formula is C20H24N4O3. The quantitative estimate of drug-likeness (QED) is 0.695. The Kier molecular flexibility index (Phi) is 5.71. The summed E-state index contributed by atoms with van der Waals surface area (Å²) < 4.78 is 1.81. The summed E-state index contributed by atoms with van der Waals surface area (Å²) in [6.07, 6.45) is 5.49. The molecule has 0 aliphatic heterocycles. The van der Waals surface area contributed by atoms with Gasteiger partial charge in [-0.25, -0.2) is 0 Å². The maximum Gasteiger partial charge on any atom is 0.251 e. The van der Waals surface area contributed by atoms with Crippen LogP contribution in [0.2, 0.25) is 0 Å². The lowest BCUT2D eigenvalue weighted by molar-refractivity contribution is -0.114. The van der Waals surface area contributed by atoms with Gasteiger partial charge in [0, 0.05) is 24.8 Å². The molecule has 1 aliphatic rings. The first kappa shape index (κ1) is 18.8. The van der Waals surface area contributed by atoms with E-state index in [2.05, 4.69) is 17.0 Å². The van der Waals surface area contributed by atoms with E-state index in [4.69, 9.17) is 5.11 Å². The van der Waals surface area contributed by atoms with E-state index in [0.717, 1.165) is 18.5 Å². The second-order valence-electron chi connectivity index (χ2n) is 6.60. The monoisotopic (exact) mass is 368 g/mol. The molecule has 0 unspecified atom stereocenters. The van der Waals surface area contributed by atoms with E-state index in [1.165, 1.54) is 11.6 Å². The number of aliphatic hydroxyl groups is 1. The molecule has 1 saturated carbocycles. The lowest BCUT2D eigenvalue weighted by Gasteiger charge is -2.22. The number of carbonyl (C=O) groups is 2. The highest BCUT2D eigenvalue weighted by atomic mass is 16.3. The van der Waals surface area contributed by atoms with Crippen LogP contribution in [0.25, 0.3) is 0 Å². The number of aliphatic hydroxyl groups excluding tert-OH is 1. The van der Waals surface area contributed by atoms with Crippen molar-refractivity contribution >= 4 is 17.5 Å². The van der Waals surface area contributed by atoms with Crippen LogP contribution in [0.3, 0.4) is 0 Å². The Morgan fingerprint density at radius 2 is 2.07 bits per heavy atom. The highest BCUT2D eigenvalue weighted by Gasteiger charge is 2.29. The molecule has 1 aromatic carbocycles. The summed E-state index contributed by atoms with van der Waals surface area (Å²) >= 11 is 0. The average molecular weight is 368 g/mol. The fourth-order valence-corrected chi connectivity index (χ4v) is 3.03. The first-order valence-electron chi connectivity index (χ1n) is 8.99. The zero-order valence-electron chi connectivity index (χ0n) is 15.4. The summed E-state index contributed by atoms with van der Waals surface area (Å²) in [4.78, 5) is 26.1. The van der Waals surface area contributed by atoms with Gasteiger partial charge < -0.3 is 15.3 Å². The van der Waals surface area contributed by atoms with E-state index in [0.29, 0.717) is 23.7 Å². The second kappa shape index (κ2) is 8.18. The normalized spacial score (nSPS) is 13.3. The van der Waals surface area contributed by atoms with E-state index < -0.39 is 0 Å². The molecule has 0 saturated heterocycles. The lowest BCUT2D eigenvalue weighted by Crippen LogP contribution is -2.30. The SMILES string of the molecule is C=CC(=O)N(Cc1c(C2CC2)cnn1C)c1ccc(C(=O)NCCO)cc1. The zero-order chi connectivity index (χ0) is 19.4. The highest BCUT2D eigenvalue weighted by Crippen LogP contribution is 2.41. The lowest BCUT2D eigenvalue weighted by atomic mass is 10.1. The number of anilines is 1. The summed E-state index contributed by atoms with van der Waals surface area (Å²) in [7, 11) is 1.88. The average Bonchev–Trinajstić information content (AvgIpc) is 3.47. The van der Waals surface area contributed by atoms with Gasteiger partial charge in [-0.05, 0) is 54.7 Å². The van der Waals surface area contributed by atoms with Crippen LogP contribution in [-0.4, -0.2) is 39.9 Å². The van der Waals surface area contributed by atoms with Crippen molar-refractivity contribution in [1.82, 2.24) is 15.1 Å². The molecule has 0 spiro atoms. The molecule has 2 amide bonds. The van der Waals surface area contributed by atoms with Gasteiger partial charge in [0.05, 0.1) is 25.0 Å². The van der Waals surface area contributed by atoms with Crippen LogP contribution in [0.5, 0.6) is 0 Å². The smallest absolute Gasteiger partial charge is 0.251 e. The molecule has 1 aromatic heterocycles. The van der Waals surface area contributed by atoms with Crippen molar-refractivity contribution < 1.29 is 14.7 Å². The van der Waals surface area contributed by atoms with Gasteiger partial charge in [-0.15, -0.1) is 0 Å². The maximum absolute atomic E-state index is 12.5. The number of nitrogens with one attached hydrogen (secondary N) is 1. The maximum atomic E-state index is 12.5. The van der Waals surface area contributed by atoms with Crippen LogP contribution < -0.4 is 10.2 Å². The van der Waals surface area contributed by atoms with Crippen LogP contribution >= 0.6 is 0 Å². The first-order valence-corrected chi connectivity index (χ1v) is 8.99. The Bertz CT molecular complexity index is 837. The summed E-state index contributed by atoms with van der Waals surface area (Å²) in [5, 5.41) is 15.8. The number of rotatable bonds is 8. The summed E-state index contributed by atoms with van der Waals surface area (Å²) in [5.74, 6) is 0.0576. The molecule has 0 radical (unpaired) electrons. The molecule has 1 fully saturated rings. The molecule has 3 rings (SSSR count). The number of aryl methyl sites for hydroxylation is 1. The molecule has 7 heteroatoms. The number of hydrogen-bond acceptors (Lipinski definition) is 4. The third kappa shape index (κ3) is 4.25. The number of aromatic nitrogens is 2. The Labute approximate surface area is 158 Å². The van der Waals surface area contributed by atoms with Gasteiger partial charge in [0.1, 0.15) is 0 Å². The van der Waals surface area contributed by atoms with Gasteiger partial charge in [0.25, 0.3) is 11.8 Å². The Balaban J connectivity index is 1.83. The number of nitrogens with zero attached hydrogens (tertiary/aromatic N) is 3. The van der Waals surface area contributed by atoms with Gasteiger partial charge in [-0.2, -0.15) is 5.10 Å². The topological polar surface area (TPSA) is 87.5 Å². The summed E-state index contributed by atoms with van der Waals surface area (Å²) in [6.45, 7) is 4.09. The van der Waals surface area contributed by atoms with Gasteiger partial charge in [0.2, 0.25) is 0 Å². The number of carbonyl (C=O) groups excluding carboxylic acids is 2. The van der Waals surface area contributed by atoms with Crippen molar-refractivity contribution in [2.24, 2.45) is 7.05 Å². The van der Waals surface area contributed by atoms with Crippen molar-refractivity contribution in [2.45, 2.75) is 25.3 Å². The molecule has 0 atom stereocenters. The van der Waals surface area contributed by atoms with E-state index in [9.17, 15) is 9.59 Å². The first-order chi connectivity index (χ1) is 13.0. The zero-order valence-corrected chi connectivity index (χ0v) is 15.4. The standard InChI is InChI=1S/C20H24N4O3/c1-3-19(26)24(13-18-17(14-4-5-14)12-22-23(18)2)16-8-6-15(7-9-16)20(27)21-10-11-25/h3,6-9,12,14,25H,1,4-5,10-11,13H2,2H3,(H,21,27). The molecule has 0 bridgehead atoms. The van der Waals surface area contributed by atoms with Crippen molar-refractivity contribution in [2.75, 3.05) is 18.1 Å². The Morgan fingerprint density at radius 1 is 1.37 bits per heavy atom. The Morgan fingerprint density at radius 3 is 2.67 bits per heavy atom. The molecule has 1 aliphatic carbocycles. The van der Waals surface area contributed by atoms with Crippen LogP contribution in [0, 0.1) is 0 Å². The van der Waals surface area contributed by atoms with Crippen LogP contribution in [0.15, 0.2) is 43.1 Å². The van der Waals surface area contributed by atoms with Crippen LogP contribution in [-0.2, 0) is 18.4 Å². The van der Waals surface area contributed by atoms with E-state index in [1.54, 1.807) is 29.2 Å². The molecule has 2 N–H and O–H groups in total. The second-order valence-corrected chi connectivity index (χ2v) is 6.60. The largest absolute Gasteiger partial charge is 0.395 e. The van der Waals surface area contributed by atoms with Crippen molar-refractivity contribution in [3.63, 3.8) is 0 Å². The third-order valence-corrected chi connectivity index (χ3v) is 4.70. The van der Waals surface area contributed by atoms with Gasteiger partial charge in [-0.1, -0.05) is 6.58 Å². The number of hydrogen-bond donors (Lipinski definition) is 2. The van der Waals surface area contributed by atoms with E-state index >= 15 is 0 Å². The molecule has 142 valence electrons. The van der Waals surface area contributed by atoms with E-state index in [-0.39, 0.29) is 25.0 Å². The molecule has 1 heterocycles. The molecular weight excluding hydrogens is 344 g/mol. The minimum atomic E-state index is -0.264. The predicted molar refractivity (Wildman–Crippen MR) is 102 cm³/mol. The van der Waals surface area contributed by atoms with E-state index in [1.807, 2.05) is 17.9 Å². The van der Waals surface area contributed by atoms with Crippen molar-refractivity contribution in [1.29, 1.82) is 0 Å². The number of benzene rings is 1. The predicted octanol–water partition coefficient (Wildman–Crippen LogP) is 1.74. The van der Waals surface area contributed by atoms with Gasteiger partial charge in [0.15, 0.2) is 0 Å². The minimum Gasteiger partial charge on any atom is -0.395 e. The number of amides is 2. The van der Waals surface area contributed by atoms with Crippen LogP contribution in [0.4, 0.5) is 5.69 Å². The van der Waals surface area contributed by atoms with Crippen LogP contribution in [0.1, 0.15) is 40.4 Å². The summed E-state index contributed by atoms with van der Waals surface area (Å²) in [5.41, 5.74) is 3.36. The van der Waals surface area contributed by atoms with Gasteiger partial charge >= 0.3 is 0 Å². The fourth-order valence-electron chi connectivity index (χ4n) is 3.03. The summed E-state index contributed by atoms with van der Waals surface area (Å²) in [6, 6.07) is 6.80. The fraction of sp³-hybridized carbons (Fsp3) is 0.350. The molecule has 7 nitrogen and oxygen atoms in total. The van der Waals surface area contributed by atoms with Gasteiger partial charge in [-0.3, -0.25) is 14.3 Å². The van der Waals surface area contributed by atoms with Crippen molar-refractivity contribution in [3.8, 4) is 0 Å². The molecule has 2 aromatic rings. The highest BCUT2D eigenvalue weighted by molar-refractivity contribution is 6.01. The van der Waals surface area contributed by atoms with Crippen molar-refractivity contribution in [3.05, 3.63) is 59.9 Å².